The molecule has 0 spiro atoms. The molecule has 2 rings (SSSR count). The maximum atomic E-state index is 8.53. The minimum Gasteiger partial charge on any atom is -0.370 e. The van der Waals surface area contributed by atoms with E-state index in [4.69, 9.17) is 14.2 Å². The Morgan fingerprint density at radius 3 is 0.644 bits per heavy atom. The van der Waals surface area contributed by atoms with Gasteiger partial charge in [-0.2, -0.15) is 0 Å². The molecule has 0 radical (unpaired) electrons. The van der Waals surface area contributed by atoms with Gasteiger partial charge in [0.1, 0.15) is 12.2 Å². The molecule has 0 aliphatic carbocycles. The van der Waals surface area contributed by atoms with Crippen LogP contribution < -0.4 is 0 Å². The first-order chi connectivity index (χ1) is 36.0. The molecule has 73 heavy (non-hydrogen) atoms. The van der Waals surface area contributed by atoms with Gasteiger partial charge in [0, 0.05) is 0 Å². The summed E-state index contributed by atoms with van der Waals surface area (Å²) in [6, 6.07) is 0. The number of rotatable bonds is 62. The Kier molecular flexibility index (Phi) is 47.4. The third-order valence-corrected chi connectivity index (χ3v) is 18.3. The lowest BCUT2D eigenvalue weighted by Crippen LogP contribution is -2.53. The van der Waals surface area contributed by atoms with Gasteiger partial charge in [-0.25, -0.2) is 0 Å². The normalized spacial score (nSPS) is 18.0. The van der Waals surface area contributed by atoms with E-state index >= 15 is 0 Å². The van der Waals surface area contributed by atoms with Crippen LogP contribution in [0.1, 0.15) is 401 Å². The minimum atomic E-state index is -0.180. The number of unbranched alkanes of at least 4 members (excludes halogenated alkanes) is 42. The minimum absolute atomic E-state index is 0.180. The maximum Gasteiger partial charge on any atom is 0.110 e. The van der Waals surface area contributed by atoms with E-state index < -0.39 is 0 Å². The number of hydrogen-bond donors (Lipinski definition) is 0. The topological polar surface area (TPSA) is 34.3 Å². The predicted molar refractivity (Wildman–Crippen MR) is 326 cm³/mol. The fourth-order valence-electron chi connectivity index (χ4n) is 13.3. The summed E-state index contributed by atoms with van der Waals surface area (Å²) in [5.41, 5.74) is -0.359. The van der Waals surface area contributed by atoms with Crippen molar-refractivity contribution in [2.75, 3.05) is 13.2 Å². The molecular weight excluding hydrogens is 889 g/mol. The van der Waals surface area contributed by atoms with Crippen LogP contribution in [-0.4, -0.2) is 36.6 Å². The van der Waals surface area contributed by atoms with Gasteiger partial charge in [-0.1, -0.05) is 375 Å². The van der Waals surface area contributed by atoms with Gasteiger partial charge in [-0.3, -0.25) is 0 Å². The molecule has 0 N–H and O–H groups in total. The summed E-state index contributed by atoms with van der Waals surface area (Å²) in [5, 5.41) is 0. The van der Waals surface area contributed by atoms with Crippen LogP contribution in [0.15, 0.2) is 0 Å². The first-order valence-electron chi connectivity index (χ1n) is 35.0. The Morgan fingerprint density at radius 1 is 0.274 bits per heavy atom. The molecule has 0 saturated carbocycles. The highest BCUT2D eigenvalue weighted by Crippen LogP contribution is 2.50. The van der Waals surface area contributed by atoms with Crippen LogP contribution in [0.3, 0.4) is 0 Å². The molecule has 2 fully saturated rings. The Bertz CT molecular complexity index is 1020. The number of ether oxygens (including phenoxy) is 3. The molecule has 3 heteroatoms. The predicted octanol–water partition coefficient (Wildman–Crippen LogP) is 24.5. The van der Waals surface area contributed by atoms with Crippen LogP contribution in [0.25, 0.3) is 0 Å². The van der Waals surface area contributed by atoms with Crippen molar-refractivity contribution in [2.45, 2.75) is 425 Å². The van der Waals surface area contributed by atoms with Gasteiger partial charge in [0.05, 0.1) is 24.4 Å². The lowest BCUT2D eigenvalue weighted by Gasteiger charge is -2.46. The van der Waals surface area contributed by atoms with Gasteiger partial charge in [-0.05, 0) is 37.5 Å². The highest BCUT2D eigenvalue weighted by Gasteiger charge is 2.57. The van der Waals surface area contributed by atoms with E-state index in [-0.39, 0.29) is 23.4 Å². The lowest BCUT2D eigenvalue weighted by molar-refractivity contribution is -0.201. The van der Waals surface area contributed by atoms with E-state index in [1.54, 1.807) is 0 Å². The molecule has 2 aliphatic rings. The summed E-state index contributed by atoms with van der Waals surface area (Å²) in [6.07, 6.45) is 78.3. The summed E-state index contributed by atoms with van der Waals surface area (Å²) in [6.45, 7) is 16.0. The molecule has 3 nitrogen and oxygen atoms in total. The lowest BCUT2D eigenvalue weighted by atomic mass is 9.75. The van der Waals surface area contributed by atoms with Crippen molar-refractivity contribution in [1.29, 1.82) is 0 Å². The average Bonchev–Trinajstić information content (AvgIpc) is 4.34. The number of epoxide rings is 2. The van der Waals surface area contributed by atoms with E-state index in [9.17, 15) is 0 Å². The molecule has 0 aromatic rings. The standard InChI is InChI=1S/C70H138O3/c1-7-13-19-25-31-35-37-41-47-53-59-69(67-63-71-67,61-65(55-49-43-29-23-17-11-5)57-51-45-39-33-27-21-15-9-3)73-70(68-64-72-68,60-54-48-42-38-36-32-26-20-14-8-2)62-66(56-50-44-30-24-18-12-6)58-52-46-40-34-28-22-16-10-4/h65-68H,7-64H2,1-6H3. The van der Waals surface area contributed by atoms with Gasteiger partial charge >= 0.3 is 0 Å². The molecule has 0 bridgehead atoms. The maximum absolute atomic E-state index is 8.53. The molecule has 6 atom stereocenters. The smallest absolute Gasteiger partial charge is 0.110 e. The summed E-state index contributed by atoms with van der Waals surface area (Å²) < 4.78 is 21.9. The Labute approximate surface area is 461 Å². The van der Waals surface area contributed by atoms with Gasteiger partial charge < -0.3 is 14.2 Å². The summed E-state index contributed by atoms with van der Waals surface area (Å²) >= 11 is 0. The second-order valence-electron chi connectivity index (χ2n) is 25.5. The largest absolute Gasteiger partial charge is 0.370 e. The van der Waals surface area contributed by atoms with Crippen LogP contribution in [0.2, 0.25) is 0 Å². The molecule has 2 heterocycles. The average molecular weight is 1030 g/mol. The van der Waals surface area contributed by atoms with Gasteiger partial charge in [0.2, 0.25) is 0 Å². The molecule has 0 amide bonds. The van der Waals surface area contributed by atoms with E-state index in [0.717, 1.165) is 25.0 Å². The second kappa shape index (κ2) is 50.1. The van der Waals surface area contributed by atoms with Crippen molar-refractivity contribution in [1.82, 2.24) is 0 Å². The molecule has 6 unspecified atom stereocenters. The zero-order chi connectivity index (χ0) is 52.4. The zero-order valence-electron chi connectivity index (χ0n) is 51.5. The van der Waals surface area contributed by atoms with Gasteiger partial charge in [0.25, 0.3) is 0 Å². The quantitative estimate of drug-likeness (QED) is 0.0450. The summed E-state index contributed by atoms with van der Waals surface area (Å²) in [5.74, 6) is 1.48. The Balaban J connectivity index is 2.48. The van der Waals surface area contributed by atoms with Crippen molar-refractivity contribution >= 4 is 0 Å². The summed E-state index contributed by atoms with van der Waals surface area (Å²) in [7, 11) is 0. The summed E-state index contributed by atoms with van der Waals surface area (Å²) in [4.78, 5) is 0. The molecule has 436 valence electrons. The van der Waals surface area contributed by atoms with E-state index in [0.29, 0.717) is 0 Å². The van der Waals surface area contributed by atoms with Crippen molar-refractivity contribution in [2.24, 2.45) is 11.8 Å². The van der Waals surface area contributed by atoms with Gasteiger partial charge in [-0.15, -0.1) is 0 Å². The monoisotopic (exact) mass is 1030 g/mol. The molecular formula is C70H138O3. The fraction of sp³-hybridized carbons (Fsp3) is 1.00. The first kappa shape index (κ1) is 69.0. The van der Waals surface area contributed by atoms with Crippen molar-refractivity contribution in [3.8, 4) is 0 Å². The van der Waals surface area contributed by atoms with Crippen molar-refractivity contribution < 1.29 is 14.2 Å². The van der Waals surface area contributed by atoms with E-state index in [2.05, 4.69) is 41.5 Å². The highest BCUT2D eigenvalue weighted by atomic mass is 16.6. The molecule has 0 aromatic carbocycles. The zero-order valence-corrected chi connectivity index (χ0v) is 51.5. The van der Waals surface area contributed by atoms with Crippen LogP contribution in [-0.2, 0) is 14.2 Å². The van der Waals surface area contributed by atoms with Crippen molar-refractivity contribution in [3.63, 3.8) is 0 Å². The Morgan fingerprint density at radius 2 is 0.452 bits per heavy atom. The second-order valence-corrected chi connectivity index (χ2v) is 25.5. The highest BCUT2D eigenvalue weighted by molar-refractivity contribution is 5.05. The van der Waals surface area contributed by atoms with Crippen LogP contribution >= 0.6 is 0 Å². The molecule has 0 aromatic heterocycles. The van der Waals surface area contributed by atoms with Crippen LogP contribution in [0.4, 0.5) is 0 Å². The third kappa shape index (κ3) is 38.2. The van der Waals surface area contributed by atoms with E-state index in [1.807, 2.05) is 0 Å². The molecule has 2 aliphatic heterocycles. The Hall–Kier alpha value is -0.120. The first-order valence-corrected chi connectivity index (χ1v) is 35.0. The van der Waals surface area contributed by atoms with Crippen LogP contribution in [0.5, 0.6) is 0 Å². The fourth-order valence-corrected chi connectivity index (χ4v) is 13.3. The molecule has 2 saturated heterocycles. The third-order valence-electron chi connectivity index (χ3n) is 18.3. The van der Waals surface area contributed by atoms with Crippen molar-refractivity contribution in [3.05, 3.63) is 0 Å². The van der Waals surface area contributed by atoms with E-state index in [1.165, 1.54) is 360 Å². The van der Waals surface area contributed by atoms with Gasteiger partial charge in [0.15, 0.2) is 0 Å². The SMILES string of the molecule is CCCCCCCCCCCCC(CC(CCCCCCCC)CCCCCCCCCC)(OC(CCCCCCCCCCCC)(CC(CCCCCCCC)CCCCCCCCCC)C1CO1)C1CO1. The number of hydrogen-bond acceptors (Lipinski definition) is 3. The van der Waals surface area contributed by atoms with Crippen LogP contribution in [0, 0.1) is 11.8 Å².